The second kappa shape index (κ2) is 7.04. The van der Waals surface area contributed by atoms with Crippen molar-refractivity contribution in [2.24, 2.45) is 0 Å². The number of rotatable bonds is 3. The van der Waals surface area contributed by atoms with Gasteiger partial charge >= 0.3 is 0 Å². The zero-order valence-electron chi connectivity index (χ0n) is 14.4. The van der Waals surface area contributed by atoms with Crippen LogP contribution in [0.5, 0.6) is 0 Å². The van der Waals surface area contributed by atoms with Gasteiger partial charge in [0.05, 0.1) is 0 Å². The van der Waals surface area contributed by atoms with E-state index in [1.165, 1.54) is 12.1 Å². The molecule has 0 saturated carbocycles. The predicted molar refractivity (Wildman–Crippen MR) is 100 cm³/mol. The summed E-state index contributed by atoms with van der Waals surface area (Å²) in [7, 11) is 0. The van der Waals surface area contributed by atoms with Crippen molar-refractivity contribution in [2.75, 3.05) is 31.1 Å². The van der Waals surface area contributed by atoms with E-state index < -0.39 is 0 Å². The number of carbonyl (C=O) groups excluding carboxylic acids is 1. The Balaban J connectivity index is 1.39. The molecule has 2 heterocycles. The lowest BCUT2D eigenvalue weighted by Gasteiger charge is -2.36. The minimum atomic E-state index is -0.231. The Labute approximate surface area is 152 Å². The molecule has 0 radical (unpaired) electrons. The summed E-state index contributed by atoms with van der Waals surface area (Å²) in [5.41, 5.74) is 2.73. The zero-order valence-corrected chi connectivity index (χ0v) is 14.4. The highest BCUT2D eigenvalue weighted by atomic mass is 19.1. The van der Waals surface area contributed by atoms with Gasteiger partial charge in [-0.3, -0.25) is 4.79 Å². The van der Waals surface area contributed by atoms with E-state index in [4.69, 9.17) is 0 Å². The van der Waals surface area contributed by atoms with Crippen LogP contribution in [0.4, 0.5) is 10.1 Å². The highest BCUT2D eigenvalue weighted by Crippen LogP contribution is 2.18. The number of nitrogens with zero attached hydrogens (tertiary/aromatic N) is 3. The van der Waals surface area contributed by atoms with E-state index in [1.54, 1.807) is 12.1 Å². The zero-order chi connectivity index (χ0) is 17.9. The lowest BCUT2D eigenvalue weighted by atomic mass is 10.1. The SMILES string of the molecule is O=C(c1ccc(-n2cccc2)cc1)N1CCN(c2ccc(F)cc2)CC1. The molecule has 3 aromatic rings. The van der Waals surface area contributed by atoms with Gasteiger partial charge in [0, 0.05) is 55.5 Å². The molecule has 1 aliphatic heterocycles. The molecule has 0 aliphatic carbocycles. The molecule has 4 rings (SSSR count). The first-order chi connectivity index (χ1) is 12.7. The Morgan fingerprint density at radius 3 is 1.96 bits per heavy atom. The number of carbonyl (C=O) groups is 1. The topological polar surface area (TPSA) is 28.5 Å². The van der Waals surface area contributed by atoms with Crippen molar-refractivity contribution in [2.45, 2.75) is 0 Å². The van der Waals surface area contributed by atoms with Gasteiger partial charge in [0.25, 0.3) is 5.91 Å². The van der Waals surface area contributed by atoms with Crippen molar-refractivity contribution < 1.29 is 9.18 Å². The molecule has 4 nitrogen and oxygen atoms in total. The number of hydrogen-bond donors (Lipinski definition) is 0. The summed E-state index contributed by atoms with van der Waals surface area (Å²) >= 11 is 0. The summed E-state index contributed by atoms with van der Waals surface area (Å²) < 4.78 is 15.1. The average molecular weight is 349 g/mol. The lowest BCUT2D eigenvalue weighted by molar-refractivity contribution is 0.0747. The van der Waals surface area contributed by atoms with Crippen LogP contribution in [0.25, 0.3) is 5.69 Å². The molecule has 132 valence electrons. The minimum Gasteiger partial charge on any atom is -0.368 e. The van der Waals surface area contributed by atoms with Crippen LogP contribution in [0.3, 0.4) is 0 Å². The lowest BCUT2D eigenvalue weighted by Crippen LogP contribution is -2.48. The van der Waals surface area contributed by atoms with Crippen LogP contribution in [-0.2, 0) is 0 Å². The monoisotopic (exact) mass is 349 g/mol. The Bertz CT molecular complexity index is 865. The van der Waals surface area contributed by atoms with Crippen LogP contribution in [-0.4, -0.2) is 41.6 Å². The fourth-order valence-electron chi connectivity index (χ4n) is 3.29. The van der Waals surface area contributed by atoms with Gasteiger partial charge in [0.2, 0.25) is 0 Å². The van der Waals surface area contributed by atoms with Crippen molar-refractivity contribution in [3.05, 3.63) is 84.4 Å². The van der Waals surface area contributed by atoms with Crippen LogP contribution in [0.2, 0.25) is 0 Å². The average Bonchev–Trinajstić information content (AvgIpc) is 3.23. The Morgan fingerprint density at radius 2 is 1.35 bits per heavy atom. The van der Waals surface area contributed by atoms with E-state index in [9.17, 15) is 9.18 Å². The first-order valence-electron chi connectivity index (χ1n) is 8.74. The standard InChI is InChI=1S/C21H20FN3O/c22-18-5-9-20(10-6-18)24-13-15-25(16-14-24)21(26)17-3-7-19(8-4-17)23-11-1-2-12-23/h1-12H,13-16H2. The van der Waals surface area contributed by atoms with Crippen molar-refractivity contribution in [1.82, 2.24) is 9.47 Å². The van der Waals surface area contributed by atoms with Crippen molar-refractivity contribution in [3.63, 3.8) is 0 Å². The van der Waals surface area contributed by atoms with Crippen LogP contribution in [0, 0.1) is 5.82 Å². The summed E-state index contributed by atoms with van der Waals surface area (Å²) in [5.74, 6) is -0.172. The van der Waals surface area contributed by atoms with E-state index in [2.05, 4.69) is 4.90 Å². The number of amides is 1. The van der Waals surface area contributed by atoms with E-state index in [0.717, 1.165) is 24.5 Å². The smallest absolute Gasteiger partial charge is 0.253 e. The van der Waals surface area contributed by atoms with Crippen LogP contribution in [0.1, 0.15) is 10.4 Å². The molecule has 1 fully saturated rings. The molecule has 0 atom stereocenters. The van der Waals surface area contributed by atoms with Crippen LogP contribution in [0.15, 0.2) is 73.1 Å². The molecule has 1 amide bonds. The third-order valence-electron chi connectivity index (χ3n) is 4.78. The molecular formula is C21H20FN3O. The first kappa shape index (κ1) is 16.4. The van der Waals surface area contributed by atoms with Gasteiger partial charge in [-0.2, -0.15) is 0 Å². The highest BCUT2D eigenvalue weighted by molar-refractivity contribution is 5.94. The summed E-state index contributed by atoms with van der Waals surface area (Å²) in [4.78, 5) is 16.8. The Kier molecular flexibility index (Phi) is 4.44. The van der Waals surface area contributed by atoms with Gasteiger partial charge < -0.3 is 14.4 Å². The number of halogens is 1. The predicted octanol–water partition coefficient (Wildman–Crippen LogP) is 3.58. The van der Waals surface area contributed by atoms with Gasteiger partial charge in [-0.1, -0.05) is 0 Å². The number of hydrogen-bond acceptors (Lipinski definition) is 2. The van der Waals surface area contributed by atoms with Gasteiger partial charge in [0.15, 0.2) is 0 Å². The summed E-state index contributed by atoms with van der Waals surface area (Å²) in [6, 6.07) is 18.1. The molecule has 1 aliphatic rings. The van der Waals surface area contributed by atoms with Crippen LogP contribution >= 0.6 is 0 Å². The molecule has 1 saturated heterocycles. The maximum Gasteiger partial charge on any atom is 0.253 e. The molecule has 1 aromatic heterocycles. The second-order valence-corrected chi connectivity index (χ2v) is 6.39. The van der Waals surface area contributed by atoms with Crippen molar-refractivity contribution in [1.29, 1.82) is 0 Å². The third-order valence-corrected chi connectivity index (χ3v) is 4.78. The number of benzene rings is 2. The minimum absolute atomic E-state index is 0.0582. The normalized spacial score (nSPS) is 14.5. The Hall–Kier alpha value is -3.08. The molecule has 0 spiro atoms. The van der Waals surface area contributed by atoms with E-state index >= 15 is 0 Å². The molecule has 0 N–H and O–H groups in total. The number of aromatic nitrogens is 1. The summed E-state index contributed by atoms with van der Waals surface area (Å²) in [5, 5.41) is 0. The van der Waals surface area contributed by atoms with Gasteiger partial charge in [-0.25, -0.2) is 4.39 Å². The largest absolute Gasteiger partial charge is 0.368 e. The fraction of sp³-hybridized carbons (Fsp3) is 0.190. The van der Waals surface area contributed by atoms with E-state index in [0.29, 0.717) is 18.7 Å². The molecule has 5 heteroatoms. The highest BCUT2D eigenvalue weighted by Gasteiger charge is 2.22. The Morgan fingerprint density at radius 1 is 0.769 bits per heavy atom. The van der Waals surface area contributed by atoms with Gasteiger partial charge in [0.1, 0.15) is 5.82 Å². The fourth-order valence-corrected chi connectivity index (χ4v) is 3.29. The van der Waals surface area contributed by atoms with Crippen molar-refractivity contribution >= 4 is 11.6 Å². The number of piperazine rings is 1. The first-order valence-corrected chi connectivity index (χ1v) is 8.74. The maximum atomic E-state index is 13.1. The van der Waals surface area contributed by atoms with Gasteiger partial charge in [-0.05, 0) is 60.7 Å². The maximum absolute atomic E-state index is 13.1. The summed E-state index contributed by atoms with van der Waals surface area (Å²) in [6.45, 7) is 2.82. The quantitative estimate of drug-likeness (QED) is 0.723. The van der Waals surface area contributed by atoms with Gasteiger partial charge in [-0.15, -0.1) is 0 Å². The molecule has 0 bridgehead atoms. The van der Waals surface area contributed by atoms with E-state index in [-0.39, 0.29) is 11.7 Å². The number of anilines is 1. The van der Waals surface area contributed by atoms with Crippen molar-refractivity contribution in [3.8, 4) is 5.69 Å². The summed E-state index contributed by atoms with van der Waals surface area (Å²) in [6.07, 6.45) is 3.96. The third kappa shape index (κ3) is 3.33. The molecule has 0 unspecified atom stereocenters. The molecular weight excluding hydrogens is 329 g/mol. The van der Waals surface area contributed by atoms with Crippen LogP contribution < -0.4 is 4.90 Å². The van der Waals surface area contributed by atoms with E-state index in [1.807, 2.05) is 58.3 Å². The molecule has 26 heavy (non-hydrogen) atoms. The molecule has 2 aromatic carbocycles. The second-order valence-electron chi connectivity index (χ2n) is 6.39.